The molecule has 0 fully saturated rings. The first-order chi connectivity index (χ1) is 18.6. The molecule has 4 heteroatoms. The molecule has 0 aromatic rings. The molecule has 224 valence electrons. The average Bonchev–Trinajstić information content (AvgIpc) is 2.89. The third-order valence-corrected chi connectivity index (χ3v) is 7.49. The zero-order chi connectivity index (χ0) is 27.9. The van der Waals surface area contributed by atoms with Crippen LogP contribution in [0.4, 0.5) is 0 Å². The summed E-state index contributed by atoms with van der Waals surface area (Å²) in [6.07, 6.45) is 35.0. The molecule has 0 aromatic heterocycles. The van der Waals surface area contributed by atoms with E-state index < -0.39 is 5.97 Å². The summed E-state index contributed by atoms with van der Waals surface area (Å²) in [4.78, 5) is 23.3. The van der Waals surface area contributed by atoms with Crippen LogP contribution in [0.5, 0.6) is 0 Å². The lowest BCUT2D eigenvalue weighted by Crippen LogP contribution is -2.18. The number of carbonyl (C=O) groups is 2. The topological polar surface area (TPSA) is 63.6 Å². The van der Waals surface area contributed by atoms with Crippen molar-refractivity contribution in [2.24, 2.45) is 0 Å². The molecule has 0 aliphatic rings. The summed E-state index contributed by atoms with van der Waals surface area (Å²) in [6, 6.07) is 0. The number of unbranched alkanes of at least 4 members (excludes halogenated alkanes) is 19. The zero-order valence-electron chi connectivity index (χ0n) is 25.5. The van der Waals surface area contributed by atoms with E-state index in [2.05, 4.69) is 26.0 Å². The van der Waals surface area contributed by atoms with Crippen LogP contribution in [-0.4, -0.2) is 23.1 Å². The van der Waals surface area contributed by atoms with Gasteiger partial charge in [-0.15, -0.1) is 0 Å². The highest BCUT2D eigenvalue weighted by atomic mass is 16.5. The minimum atomic E-state index is -0.771. The van der Waals surface area contributed by atoms with Crippen LogP contribution < -0.4 is 0 Å². The minimum Gasteiger partial charge on any atom is -0.481 e. The van der Waals surface area contributed by atoms with E-state index in [0.29, 0.717) is 19.3 Å². The Kier molecular flexibility index (Phi) is 29.2. The lowest BCUT2D eigenvalue weighted by Gasteiger charge is -2.18. The predicted molar refractivity (Wildman–Crippen MR) is 163 cm³/mol. The SMILES string of the molecule is CCCCCC/C=C\CCCCCCCC(=O)OC(CCCCCCCCCCCCC)CCCC(=O)O. The molecule has 0 heterocycles. The fourth-order valence-electron chi connectivity index (χ4n) is 5.01. The molecule has 1 unspecified atom stereocenters. The van der Waals surface area contributed by atoms with E-state index in [1.54, 1.807) is 0 Å². The number of esters is 1. The van der Waals surface area contributed by atoms with Gasteiger partial charge in [-0.1, -0.05) is 129 Å². The van der Waals surface area contributed by atoms with Gasteiger partial charge in [-0.2, -0.15) is 0 Å². The Morgan fingerprint density at radius 3 is 1.50 bits per heavy atom. The molecule has 1 N–H and O–H groups in total. The molecule has 0 saturated heterocycles. The van der Waals surface area contributed by atoms with Crippen molar-refractivity contribution >= 4 is 11.9 Å². The molecular formula is C34H64O4. The van der Waals surface area contributed by atoms with E-state index in [9.17, 15) is 9.59 Å². The number of carboxylic acids is 1. The number of hydrogen-bond acceptors (Lipinski definition) is 3. The van der Waals surface area contributed by atoms with Crippen LogP contribution in [0.15, 0.2) is 12.2 Å². The van der Waals surface area contributed by atoms with Gasteiger partial charge in [0.15, 0.2) is 0 Å². The quantitative estimate of drug-likeness (QED) is 0.0563. The molecule has 38 heavy (non-hydrogen) atoms. The second kappa shape index (κ2) is 30.2. The smallest absolute Gasteiger partial charge is 0.306 e. The van der Waals surface area contributed by atoms with E-state index in [1.165, 1.54) is 122 Å². The number of ether oxygens (including phenoxy) is 1. The Labute approximate surface area is 236 Å². The molecule has 0 amide bonds. The van der Waals surface area contributed by atoms with Crippen molar-refractivity contribution in [2.45, 2.75) is 193 Å². The highest BCUT2D eigenvalue weighted by Gasteiger charge is 2.15. The predicted octanol–water partition coefficient (Wildman–Crippen LogP) is 11.1. The largest absolute Gasteiger partial charge is 0.481 e. The van der Waals surface area contributed by atoms with Gasteiger partial charge in [-0.05, 0) is 57.8 Å². The standard InChI is InChI=1S/C34H64O4/c1-3-5-7-9-11-13-15-16-18-20-22-24-26-31-34(37)38-32(29-27-30-33(35)36)28-25-23-21-19-17-14-12-10-8-6-4-2/h13,15,32H,3-12,14,16-31H2,1-2H3,(H,35,36)/b15-13-. The molecule has 0 saturated carbocycles. The lowest BCUT2D eigenvalue weighted by atomic mass is 10.0. The molecule has 0 rings (SSSR count). The monoisotopic (exact) mass is 536 g/mol. The molecule has 0 aromatic carbocycles. The molecule has 0 aliphatic carbocycles. The van der Waals surface area contributed by atoms with Crippen LogP contribution >= 0.6 is 0 Å². The number of allylic oxidation sites excluding steroid dienone is 2. The third kappa shape index (κ3) is 29.2. The molecule has 0 spiro atoms. The lowest BCUT2D eigenvalue weighted by molar-refractivity contribution is -0.150. The fourth-order valence-corrected chi connectivity index (χ4v) is 5.01. The van der Waals surface area contributed by atoms with Crippen LogP contribution in [0.3, 0.4) is 0 Å². The van der Waals surface area contributed by atoms with Crippen molar-refractivity contribution in [3.63, 3.8) is 0 Å². The van der Waals surface area contributed by atoms with Gasteiger partial charge in [0, 0.05) is 12.8 Å². The van der Waals surface area contributed by atoms with Crippen LogP contribution in [0.25, 0.3) is 0 Å². The Bertz CT molecular complexity index is 543. The summed E-state index contributed by atoms with van der Waals surface area (Å²) < 4.78 is 5.79. The van der Waals surface area contributed by atoms with E-state index in [0.717, 1.165) is 25.7 Å². The number of hydrogen-bond donors (Lipinski definition) is 1. The molecule has 0 radical (unpaired) electrons. The van der Waals surface area contributed by atoms with Gasteiger partial charge in [0.1, 0.15) is 6.10 Å². The first-order valence-electron chi connectivity index (χ1n) is 16.7. The Hall–Kier alpha value is -1.32. The normalized spacial score (nSPS) is 12.3. The Balaban J connectivity index is 3.87. The van der Waals surface area contributed by atoms with Crippen molar-refractivity contribution in [3.8, 4) is 0 Å². The Morgan fingerprint density at radius 2 is 0.974 bits per heavy atom. The molecule has 0 aliphatic heterocycles. The van der Waals surface area contributed by atoms with E-state index in [-0.39, 0.29) is 18.5 Å². The van der Waals surface area contributed by atoms with Crippen LogP contribution in [0.1, 0.15) is 187 Å². The maximum absolute atomic E-state index is 12.4. The Morgan fingerprint density at radius 1 is 0.553 bits per heavy atom. The van der Waals surface area contributed by atoms with Crippen LogP contribution in [0, 0.1) is 0 Å². The van der Waals surface area contributed by atoms with Gasteiger partial charge in [0.25, 0.3) is 0 Å². The second-order valence-electron chi connectivity index (χ2n) is 11.3. The fraction of sp³-hybridized carbons (Fsp3) is 0.882. The molecule has 1 atom stereocenters. The number of rotatable bonds is 30. The minimum absolute atomic E-state index is 0.0978. The van der Waals surface area contributed by atoms with E-state index in [4.69, 9.17) is 9.84 Å². The van der Waals surface area contributed by atoms with Gasteiger partial charge in [-0.25, -0.2) is 0 Å². The second-order valence-corrected chi connectivity index (χ2v) is 11.3. The van der Waals surface area contributed by atoms with Gasteiger partial charge >= 0.3 is 11.9 Å². The van der Waals surface area contributed by atoms with Crippen molar-refractivity contribution in [1.82, 2.24) is 0 Å². The first-order valence-corrected chi connectivity index (χ1v) is 16.7. The summed E-state index contributed by atoms with van der Waals surface area (Å²) in [5, 5.41) is 8.96. The summed E-state index contributed by atoms with van der Waals surface area (Å²) >= 11 is 0. The van der Waals surface area contributed by atoms with Crippen molar-refractivity contribution in [2.75, 3.05) is 0 Å². The maximum Gasteiger partial charge on any atom is 0.306 e. The summed E-state index contributed by atoms with van der Waals surface area (Å²) in [7, 11) is 0. The van der Waals surface area contributed by atoms with E-state index in [1.807, 2.05) is 0 Å². The van der Waals surface area contributed by atoms with Gasteiger partial charge in [0.2, 0.25) is 0 Å². The number of carbonyl (C=O) groups excluding carboxylic acids is 1. The highest BCUT2D eigenvalue weighted by Crippen LogP contribution is 2.18. The third-order valence-electron chi connectivity index (χ3n) is 7.49. The van der Waals surface area contributed by atoms with E-state index >= 15 is 0 Å². The number of aliphatic carboxylic acids is 1. The summed E-state index contributed by atoms with van der Waals surface area (Å²) in [5.41, 5.74) is 0. The zero-order valence-corrected chi connectivity index (χ0v) is 25.5. The van der Waals surface area contributed by atoms with Crippen molar-refractivity contribution < 1.29 is 19.4 Å². The molecule has 0 bridgehead atoms. The molecule has 4 nitrogen and oxygen atoms in total. The van der Waals surface area contributed by atoms with Gasteiger partial charge in [0.05, 0.1) is 0 Å². The van der Waals surface area contributed by atoms with Crippen LogP contribution in [0.2, 0.25) is 0 Å². The van der Waals surface area contributed by atoms with Gasteiger partial charge < -0.3 is 9.84 Å². The maximum atomic E-state index is 12.4. The first kappa shape index (κ1) is 36.7. The van der Waals surface area contributed by atoms with Crippen molar-refractivity contribution in [3.05, 3.63) is 12.2 Å². The van der Waals surface area contributed by atoms with Crippen molar-refractivity contribution in [1.29, 1.82) is 0 Å². The number of carboxylic acid groups (broad SMARTS) is 1. The van der Waals surface area contributed by atoms with Crippen LogP contribution in [-0.2, 0) is 14.3 Å². The highest BCUT2D eigenvalue weighted by molar-refractivity contribution is 5.69. The molecular weight excluding hydrogens is 472 g/mol. The summed E-state index contributed by atoms with van der Waals surface area (Å²) in [6.45, 7) is 4.51. The summed E-state index contributed by atoms with van der Waals surface area (Å²) in [5.74, 6) is -0.869. The average molecular weight is 537 g/mol. The van der Waals surface area contributed by atoms with Gasteiger partial charge in [-0.3, -0.25) is 9.59 Å².